The van der Waals surface area contributed by atoms with Gasteiger partial charge in [-0.15, -0.1) is 11.3 Å². The molecule has 0 saturated heterocycles. The molecule has 3 heterocycles. The van der Waals surface area contributed by atoms with Crippen molar-refractivity contribution in [2.45, 2.75) is 25.7 Å². The van der Waals surface area contributed by atoms with Crippen LogP contribution < -0.4 is 11.5 Å². The molecule has 7 heteroatoms. The molecule has 0 aromatic carbocycles. The summed E-state index contributed by atoms with van der Waals surface area (Å²) in [7, 11) is 0. The Labute approximate surface area is 136 Å². The van der Waals surface area contributed by atoms with Crippen molar-refractivity contribution in [3.8, 4) is 11.4 Å². The first kappa shape index (κ1) is 14.1. The zero-order valence-corrected chi connectivity index (χ0v) is 13.4. The average Bonchev–Trinajstić information content (AvgIpc) is 3.31. The van der Waals surface area contributed by atoms with Gasteiger partial charge in [-0.1, -0.05) is 6.07 Å². The number of pyridine rings is 1. The number of aryl methyl sites for hydroxylation is 1. The van der Waals surface area contributed by atoms with E-state index in [0.717, 1.165) is 30.1 Å². The molecule has 116 valence electrons. The van der Waals surface area contributed by atoms with Crippen molar-refractivity contribution in [2.75, 3.05) is 5.73 Å². The normalized spacial score (nSPS) is 14.3. The summed E-state index contributed by atoms with van der Waals surface area (Å²) in [4.78, 5) is 26.5. The minimum atomic E-state index is -0.540. The molecule has 3 aromatic heterocycles. The first-order valence-electron chi connectivity index (χ1n) is 7.38. The second-order valence-electron chi connectivity index (χ2n) is 5.76. The fourth-order valence-corrected chi connectivity index (χ4v) is 3.56. The third-order valence-electron chi connectivity index (χ3n) is 3.90. The minimum Gasteiger partial charge on any atom is -0.397 e. The maximum atomic E-state index is 11.6. The number of rotatable bonds is 3. The Bertz CT molecular complexity index is 945. The van der Waals surface area contributed by atoms with E-state index in [1.807, 2.05) is 25.1 Å². The van der Waals surface area contributed by atoms with E-state index in [-0.39, 0.29) is 0 Å². The van der Waals surface area contributed by atoms with Crippen LogP contribution in [0.3, 0.4) is 0 Å². The van der Waals surface area contributed by atoms with Gasteiger partial charge in [0.1, 0.15) is 21.2 Å². The summed E-state index contributed by atoms with van der Waals surface area (Å²) in [6.45, 7) is 1.93. The molecule has 0 unspecified atom stereocenters. The number of hydrogen-bond donors (Lipinski definition) is 2. The first-order chi connectivity index (χ1) is 11.0. The van der Waals surface area contributed by atoms with Gasteiger partial charge in [-0.2, -0.15) is 0 Å². The van der Waals surface area contributed by atoms with E-state index in [0.29, 0.717) is 32.4 Å². The lowest BCUT2D eigenvalue weighted by Crippen LogP contribution is -2.10. The number of anilines is 1. The zero-order valence-electron chi connectivity index (χ0n) is 12.5. The van der Waals surface area contributed by atoms with Crippen LogP contribution in [0.1, 0.15) is 39.9 Å². The van der Waals surface area contributed by atoms with Gasteiger partial charge >= 0.3 is 0 Å². The molecule has 4 rings (SSSR count). The summed E-state index contributed by atoms with van der Waals surface area (Å²) in [6, 6.07) is 5.75. The van der Waals surface area contributed by atoms with Crippen molar-refractivity contribution in [2.24, 2.45) is 5.73 Å². The smallest absolute Gasteiger partial charge is 0.260 e. The minimum absolute atomic E-state index is 0.330. The fourth-order valence-electron chi connectivity index (χ4n) is 2.61. The third kappa shape index (κ3) is 2.33. The van der Waals surface area contributed by atoms with Crippen molar-refractivity contribution in [3.05, 3.63) is 34.6 Å². The largest absolute Gasteiger partial charge is 0.397 e. The summed E-state index contributed by atoms with van der Waals surface area (Å²) >= 11 is 1.23. The Kier molecular flexibility index (Phi) is 3.05. The molecule has 1 fully saturated rings. The van der Waals surface area contributed by atoms with Crippen LogP contribution >= 0.6 is 11.3 Å². The van der Waals surface area contributed by atoms with Crippen LogP contribution in [0.5, 0.6) is 0 Å². The zero-order chi connectivity index (χ0) is 16.1. The number of thiophene rings is 1. The highest BCUT2D eigenvalue weighted by molar-refractivity contribution is 7.21. The second-order valence-corrected chi connectivity index (χ2v) is 6.76. The molecule has 0 atom stereocenters. The Balaban J connectivity index is 2.05. The van der Waals surface area contributed by atoms with Crippen LogP contribution in [0.2, 0.25) is 0 Å². The van der Waals surface area contributed by atoms with Crippen LogP contribution in [0.4, 0.5) is 5.69 Å². The van der Waals surface area contributed by atoms with Gasteiger partial charge < -0.3 is 11.5 Å². The van der Waals surface area contributed by atoms with Gasteiger partial charge in [-0.25, -0.2) is 9.97 Å². The van der Waals surface area contributed by atoms with Crippen molar-refractivity contribution in [3.63, 3.8) is 0 Å². The van der Waals surface area contributed by atoms with Gasteiger partial charge in [-0.05, 0) is 31.9 Å². The Morgan fingerprint density at radius 2 is 2.04 bits per heavy atom. The maximum absolute atomic E-state index is 11.6. The predicted molar refractivity (Wildman–Crippen MR) is 90.3 cm³/mol. The summed E-state index contributed by atoms with van der Waals surface area (Å²) in [5.74, 6) is 0.651. The van der Waals surface area contributed by atoms with E-state index in [4.69, 9.17) is 16.5 Å². The number of fused-ring (bicyclic) bond motifs is 1. The molecule has 1 aliphatic carbocycles. The molecular formula is C16H15N5OS. The van der Waals surface area contributed by atoms with E-state index in [1.165, 1.54) is 11.3 Å². The molecule has 4 N–H and O–H groups in total. The van der Waals surface area contributed by atoms with Gasteiger partial charge in [0.05, 0.1) is 16.8 Å². The number of nitrogens with two attached hydrogens (primary N) is 2. The van der Waals surface area contributed by atoms with E-state index >= 15 is 0 Å². The van der Waals surface area contributed by atoms with Crippen LogP contribution in [-0.4, -0.2) is 20.9 Å². The van der Waals surface area contributed by atoms with Crippen LogP contribution in [0, 0.1) is 6.92 Å². The van der Waals surface area contributed by atoms with Gasteiger partial charge in [0, 0.05) is 11.6 Å². The third-order valence-corrected chi connectivity index (χ3v) is 5.02. The van der Waals surface area contributed by atoms with Crippen molar-refractivity contribution in [1.29, 1.82) is 0 Å². The summed E-state index contributed by atoms with van der Waals surface area (Å²) in [5.41, 5.74) is 14.2. The predicted octanol–water partition coefficient (Wildman–Crippen LogP) is 2.62. The highest BCUT2D eigenvalue weighted by Gasteiger charge is 2.29. The lowest BCUT2D eigenvalue weighted by atomic mass is 10.1. The monoisotopic (exact) mass is 325 g/mol. The Hall–Kier alpha value is -2.54. The SMILES string of the molecule is Cc1cccc(-c2nc(C3CC3)nc3sc(C(N)=O)c(N)c23)n1. The lowest BCUT2D eigenvalue weighted by Gasteiger charge is -2.07. The van der Waals surface area contributed by atoms with E-state index < -0.39 is 5.91 Å². The molecule has 0 spiro atoms. The molecule has 6 nitrogen and oxygen atoms in total. The second kappa shape index (κ2) is 4.99. The summed E-state index contributed by atoms with van der Waals surface area (Å²) in [6.07, 6.45) is 2.19. The average molecular weight is 325 g/mol. The van der Waals surface area contributed by atoms with Crippen molar-refractivity contribution in [1.82, 2.24) is 15.0 Å². The van der Waals surface area contributed by atoms with E-state index in [2.05, 4.69) is 9.97 Å². The Morgan fingerprint density at radius 3 is 2.70 bits per heavy atom. The number of amides is 1. The number of nitrogen functional groups attached to an aromatic ring is 1. The molecule has 1 saturated carbocycles. The van der Waals surface area contributed by atoms with Gasteiger partial charge in [0.15, 0.2) is 0 Å². The van der Waals surface area contributed by atoms with E-state index in [9.17, 15) is 4.79 Å². The highest BCUT2D eigenvalue weighted by Crippen LogP contribution is 2.43. The summed E-state index contributed by atoms with van der Waals surface area (Å²) < 4.78 is 0. The Morgan fingerprint density at radius 1 is 1.26 bits per heavy atom. The summed E-state index contributed by atoms with van der Waals surface area (Å²) in [5, 5.41) is 0.673. The number of hydrogen-bond acceptors (Lipinski definition) is 6. The van der Waals surface area contributed by atoms with Gasteiger partial charge in [0.25, 0.3) is 5.91 Å². The highest BCUT2D eigenvalue weighted by atomic mass is 32.1. The molecule has 3 aromatic rings. The molecule has 0 bridgehead atoms. The molecule has 0 aliphatic heterocycles. The van der Waals surface area contributed by atoms with Crippen LogP contribution in [-0.2, 0) is 0 Å². The first-order valence-corrected chi connectivity index (χ1v) is 8.20. The number of carbonyl (C=O) groups is 1. The van der Waals surface area contributed by atoms with Gasteiger partial charge in [0.2, 0.25) is 0 Å². The fraction of sp³-hybridized carbons (Fsp3) is 0.250. The standard InChI is InChI=1S/C16H15N5OS/c1-7-3-2-4-9(19-7)12-10-11(17)13(14(18)22)23-16(10)21-15(20-12)8-5-6-8/h2-4,8H,5-6,17H2,1H3,(H2,18,22). The molecule has 0 radical (unpaired) electrons. The molecular weight excluding hydrogens is 310 g/mol. The molecule has 1 aliphatic rings. The van der Waals surface area contributed by atoms with Crippen molar-refractivity contribution >= 4 is 33.1 Å². The van der Waals surface area contributed by atoms with Crippen LogP contribution in [0.25, 0.3) is 21.6 Å². The number of aromatic nitrogens is 3. The van der Waals surface area contributed by atoms with E-state index in [1.54, 1.807) is 0 Å². The maximum Gasteiger partial charge on any atom is 0.260 e. The lowest BCUT2D eigenvalue weighted by molar-refractivity contribution is 0.100. The number of carbonyl (C=O) groups excluding carboxylic acids is 1. The quantitative estimate of drug-likeness (QED) is 0.769. The molecule has 23 heavy (non-hydrogen) atoms. The molecule has 1 amide bonds. The van der Waals surface area contributed by atoms with Crippen LogP contribution in [0.15, 0.2) is 18.2 Å². The number of primary amides is 1. The number of nitrogens with zero attached hydrogens (tertiary/aromatic N) is 3. The van der Waals surface area contributed by atoms with Gasteiger partial charge in [-0.3, -0.25) is 9.78 Å². The van der Waals surface area contributed by atoms with Crippen molar-refractivity contribution < 1.29 is 4.79 Å². The topological polar surface area (TPSA) is 108 Å².